The van der Waals surface area contributed by atoms with Crippen LogP contribution in [-0.4, -0.2) is 30.2 Å². The molecule has 0 N–H and O–H groups in total. The number of fused-ring (bicyclic) bond motifs is 2. The Labute approximate surface area is 246 Å². The molecule has 0 saturated carbocycles. The lowest BCUT2D eigenvalue weighted by Gasteiger charge is -2.26. The summed E-state index contributed by atoms with van der Waals surface area (Å²) in [6.07, 6.45) is 3.81. The van der Waals surface area contributed by atoms with Crippen LogP contribution < -0.4 is 24.4 Å². The SMILES string of the molecule is CCOC(=O)C1=C(c2ccccc2)N=c2s/c(=C\c3cc4c(cc3Br)OCO4)c(=O)n2[C@@H]1c1ccc(SC)cc1. The van der Waals surface area contributed by atoms with Crippen LogP contribution in [0.3, 0.4) is 0 Å². The summed E-state index contributed by atoms with van der Waals surface area (Å²) in [4.78, 5) is 34.1. The van der Waals surface area contributed by atoms with Crippen LogP contribution in [0.1, 0.15) is 29.7 Å². The highest BCUT2D eigenvalue weighted by Crippen LogP contribution is 2.38. The average molecular weight is 636 g/mol. The lowest BCUT2D eigenvalue weighted by atomic mass is 9.93. The monoisotopic (exact) mass is 634 g/mol. The topological polar surface area (TPSA) is 79.1 Å². The van der Waals surface area contributed by atoms with Gasteiger partial charge in [-0.1, -0.05) is 69.7 Å². The third-order valence-electron chi connectivity index (χ3n) is 6.58. The minimum atomic E-state index is -0.719. The van der Waals surface area contributed by atoms with E-state index in [9.17, 15) is 9.59 Å². The van der Waals surface area contributed by atoms with Gasteiger partial charge in [0.2, 0.25) is 6.79 Å². The Hall–Kier alpha value is -3.60. The standard InChI is InChI=1S/C30H23BrN2O5S2/c1-3-36-29(35)25-26(17-7-5-4-6-8-17)32-30-33(27(25)18-9-11-20(39-2)12-10-18)28(34)24(40-30)14-19-13-22-23(15-21(19)31)38-16-37-22/h4-15,27H,3,16H2,1-2H3/b24-14-/t27-/m1/s1. The molecular formula is C30H23BrN2O5S2. The molecule has 2 aliphatic rings. The fourth-order valence-corrected chi connectivity index (χ4v) is 6.56. The van der Waals surface area contributed by atoms with E-state index in [0.29, 0.717) is 32.1 Å². The number of aromatic nitrogens is 1. The maximum absolute atomic E-state index is 14.1. The van der Waals surface area contributed by atoms with E-state index >= 15 is 0 Å². The van der Waals surface area contributed by atoms with Crippen molar-refractivity contribution >= 4 is 56.8 Å². The molecule has 0 bridgehead atoms. The minimum absolute atomic E-state index is 0.154. The van der Waals surface area contributed by atoms with E-state index in [1.807, 2.05) is 73.0 Å². The third kappa shape index (κ3) is 4.80. The first-order chi connectivity index (χ1) is 19.5. The molecule has 0 fully saturated rings. The van der Waals surface area contributed by atoms with Crippen LogP contribution in [-0.2, 0) is 9.53 Å². The highest BCUT2D eigenvalue weighted by molar-refractivity contribution is 9.10. The number of thiazole rings is 1. The first-order valence-electron chi connectivity index (χ1n) is 12.5. The molecule has 0 amide bonds. The predicted molar refractivity (Wildman–Crippen MR) is 160 cm³/mol. The van der Waals surface area contributed by atoms with Crippen LogP contribution >= 0.6 is 39.0 Å². The molecule has 1 aromatic heterocycles. The smallest absolute Gasteiger partial charge is 0.338 e. The summed E-state index contributed by atoms with van der Waals surface area (Å²) in [5.74, 6) is 0.757. The van der Waals surface area contributed by atoms with E-state index in [1.165, 1.54) is 11.3 Å². The summed E-state index contributed by atoms with van der Waals surface area (Å²) in [7, 11) is 0. The average Bonchev–Trinajstić information content (AvgIpc) is 3.56. The summed E-state index contributed by atoms with van der Waals surface area (Å²) < 4.78 is 19.4. The highest BCUT2D eigenvalue weighted by Gasteiger charge is 2.35. The molecule has 40 heavy (non-hydrogen) atoms. The molecule has 0 aliphatic carbocycles. The first-order valence-corrected chi connectivity index (χ1v) is 15.3. The Morgan fingerprint density at radius 3 is 2.58 bits per heavy atom. The van der Waals surface area contributed by atoms with E-state index in [2.05, 4.69) is 15.9 Å². The number of esters is 1. The van der Waals surface area contributed by atoms with E-state index < -0.39 is 12.0 Å². The van der Waals surface area contributed by atoms with Gasteiger partial charge in [0.05, 0.1) is 28.5 Å². The van der Waals surface area contributed by atoms with Gasteiger partial charge >= 0.3 is 5.97 Å². The number of thioether (sulfide) groups is 1. The molecule has 0 unspecified atom stereocenters. The molecule has 0 spiro atoms. The number of hydrogen-bond donors (Lipinski definition) is 0. The lowest BCUT2D eigenvalue weighted by molar-refractivity contribution is -0.138. The second kappa shape index (κ2) is 11.1. The molecule has 202 valence electrons. The molecular weight excluding hydrogens is 612 g/mol. The van der Waals surface area contributed by atoms with Gasteiger partial charge in [0.1, 0.15) is 0 Å². The summed E-state index contributed by atoms with van der Waals surface area (Å²) >= 11 is 6.48. The largest absolute Gasteiger partial charge is 0.463 e. The first kappa shape index (κ1) is 26.6. The van der Waals surface area contributed by atoms with Gasteiger partial charge in [0.15, 0.2) is 16.3 Å². The molecule has 4 aromatic rings. The van der Waals surface area contributed by atoms with Crippen molar-refractivity contribution in [3.8, 4) is 11.5 Å². The second-order valence-corrected chi connectivity index (χ2v) is 11.7. The highest BCUT2D eigenvalue weighted by atomic mass is 79.9. The number of carbonyl (C=O) groups excluding carboxylic acids is 1. The van der Waals surface area contributed by atoms with Gasteiger partial charge in [0.25, 0.3) is 5.56 Å². The zero-order chi connectivity index (χ0) is 27.8. The van der Waals surface area contributed by atoms with Crippen molar-refractivity contribution in [1.29, 1.82) is 0 Å². The minimum Gasteiger partial charge on any atom is -0.463 e. The Morgan fingerprint density at radius 2 is 1.88 bits per heavy atom. The number of rotatable bonds is 6. The molecule has 0 saturated heterocycles. The summed E-state index contributed by atoms with van der Waals surface area (Å²) in [5.41, 5.74) is 2.90. The summed E-state index contributed by atoms with van der Waals surface area (Å²) in [6, 6.07) is 20.4. The van der Waals surface area contributed by atoms with E-state index in [4.69, 9.17) is 19.2 Å². The van der Waals surface area contributed by atoms with Gasteiger partial charge in [-0.25, -0.2) is 9.79 Å². The number of hydrogen-bond acceptors (Lipinski definition) is 8. The van der Waals surface area contributed by atoms with Crippen molar-refractivity contribution in [1.82, 2.24) is 4.57 Å². The number of benzene rings is 3. The normalized spacial score (nSPS) is 16.1. The fraction of sp³-hybridized carbons (Fsp3) is 0.167. The Morgan fingerprint density at radius 1 is 1.15 bits per heavy atom. The van der Waals surface area contributed by atoms with Crippen LogP contribution in [0.25, 0.3) is 11.8 Å². The van der Waals surface area contributed by atoms with Crippen molar-refractivity contribution in [2.45, 2.75) is 17.9 Å². The summed E-state index contributed by atoms with van der Waals surface area (Å²) in [6.45, 7) is 2.12. The maximum atomic E-state index is 14.1. The van der Waals surface area contributed by atoms with Gasteiger partial charge in [-0.3, -0.25) is 9.36 Å². The van der Waals surface area contributed by atoms with Crippen LogP contribution in [0.15, 0.2) is 91.5 Å². The van der Waals surface area contributed by atoms with Crippen molar-refractivity contribution in [3.05, 3.63) is 113 Å². The van der Waals surface area contributed by atoms with Gasteiger partial charge in [-0.15, -0.1) is 11.8 Å². The van der Waals surface area contributed by atoms with Crippen molar-refractivity contribution in [3.63, 3.8) is 0 Å². The summed E-state index contributed by atoms with van der Waals surface area (Å²) in [5, 5.41) is 0. The molecule has 0 radical (unpaired) electrons. The van der Waals surface area contributed by atoms with Crippen LogP contribution in [0.4, 0.5) is 0 Å². The zero-order valence-corrected chi connectivity index (χ0v) is 24.8. The van der Waals surface area contributed by atoms with Gasteiger partial charge in [-0.05, 0) is 54.6 Å². The van der Waals surface area contributed by atoms with Crippen molar-refractivity contribution < 1.29 is 19.0 Å². The predicted octanol–water partition coefficient (Wildman–Crippen LogP) is 5.15. The number of carbonyl (C=O) groups is 1. The van der Waals surface area contributed by atoms with Crippen molar-refractivity contribution in [2.24, 2.45) is 4.99 Å². The fourth-order valence-electron chi connectivity index (χ4n) is 4.73. The van der Waals surface area contributed by atoms with E-state index in [0.717, 1.165) is 26.1 Å². The zero-order valence-electron chi connectivity index (χ0n) is 21.5. The van der Waals surface area contributed by atoms with Crippen LogP contribution in [0.2, 0.25) is 0 Å². The Bertz CT molecular complexity index is 1830. The quantitative estimate of drug-likeness (QED) is 0.216. The molecule has 6 rings (SSSR count). The number of ether oxygens (including phenoxy) is 3. The Balaban J connectivity index is 1.62. The molecule has 3 heterocycles. The van der Waals surface area contributed by atoms with E-state index in [-0.39, 0.29) is 19.0 Å². The van der Waals surface area contributed by atoms with Crippen molar-refractivity contribution in [2.75, 3.05) is 19.7 Å². The Kier molecular flexibility index (Phi) is 7.39. The lowest BCUT2D eigenvalue weighted by Crippen LogP contribution is -2.40. The van der Waals surface area contributed by atoms with Crippen LogP contribution in [0.5, 0.6) is 11.5 Å². The second-order valence-electron chi connectivity index (χ2n) is 8.93. The maximum Gasteiger partial charge on any atom is 0.338 e. The molecule has 10 heteroatoms. The number of halogens is 1. The molecule has 1 atom stereocenters. The molecule has 3 aromatic carbocycles. The van der Waals surface area contributed by atoms with Crippen LogP contribution in [0, 0.1) is 0 Å². The van der Waals surface area contributed by atoms with Gasteiger partial charge in [-0.2, -0.15) is 0 Å². The van der Waals surface area contributed by atoms with Gasteiger partial charge < -0.3 is 14.2 Å². The third-order valence-corrected chi connectivity index (χ3v) is 9.00. The van der Waals surface area contributed by atoms with E-state index in [1.54, 1.807) is 29.3 Å². The van der Waals surface area contributed by atoms with Gasteiger partial charge in [0, 0.05) is 14.9 Å². The molecule has 2 aliphatic heterocycles. The number of nitrogens with zero attached hydrogens (tertiary/aromatic N) is 2. The molecule has 7 nitrogen and oxygen atoms in total.